The summed E-state index contributed by atoms with van der Waals surface area (Å²) in [4.78, 5) is 68.4. The molecule has 0 spiro atoms. The van der Waals surface area contributed by atoms with Crippen LogP contribution in [0.2, 0.25) is 0 Å². The number of nitrogens with one attached hydrogen (secondary N) is 4. The van der Waals surface area contributed by atoms with Crippen molar-refractivity contribution in [2.24, 2.45) is 32.9 Å². The number of benzene rings is 6. The number of fused-ring (bicyclic) bond motifs is 5. The van der Waals surface area contributed by atoms with Crippen molar-refractivity contribution in [3.05, 3.63) is 145 Å². The Labute approximate surface area is 699 Å². The third kappa shape index (κ3) is 30.8. The number of halogens is 9. The number of alkyl halides is 9. The molecule has 1 aliphatic heterocycles. The van der Waals surface area contributed by atoms with E-state index in [1.54, 1.807) is 124 Å². The number of guanidine groups is 2. The largest absolute Gasteiger partial charge is 0.522 e. The number of allylic oxidation sites excluding steroid dienone is 1. The van der Waals surface area contributed by atoms with Gasteiger partial charge in [0.15, 0.2) is 5.96 Å². The molecule has 1 radical (unpaired) electrons. The first-order valence-corrected chi connectivity index (χ1v) is 36.6. The normalized spacial score (nSPS) is 11.7. The molecule has 17 N–H and O–H groups in total. The van der Waals surface area contributed by atoms with Crippen molar-refractivity contribution in [2.75, 3.05) is 87.5 Å². The van der Waals surface area contributed by atoms with Gasteiger partial charge in [0.05, 0.1) is 110 Å². The minimum absolute atomic E-state index is 0. The predicted molar refractivity (Wildman–Crippen MR) is 421 cm³/mol. The van der Waals surface area contributed by atoms with Gasteiger partial charge in [0.1, 0.15) is 79.6 Å². The van der Waals surface area contributed by atoms with Crippen LogP contribution in [-0.4, -0.2) is 179 Å². The van der Waals surface area contributed by atoms with E-state index in [2.05, 4.69) is 86.8 Å². The van der Waals surface area contributed by atoms with Crippen molar-refractivity contribution >= 4 is 121 Å². The van der Waals surface area contributed by atoms with Crippen LogP contribution in [0.4, 0.5) is 68.7 Å². The Morgan fingerprint density at radius 3 is 1.37 bits per heavy atom. The Hall–Kier alpha value is -12.8. The minimum atomic E-state index is -5.84. The van der Waals surface area contributed by atoms with Gasteiger partial charge in [-0.25, -0.2) is 34.5 Å². The van der Waals surface area contributed by atoms with Crippen LogP contribution in [-0.2, 0) is 56.2 Å². The van der Waals surface area contributed by atoms with Crippen LogP contribution < -0.4 is 104 Å². The van der Waals surface area contributed by atoms with Crippen LogP contribution in [0.15, 0.2) is 126 Å². The number of H-pyrrole nitrogens is 2. The fourth-order valence-corrected chi connectivity index (χ4v) is 9.30. The number of para-hydroxylation sites is 2. The first kappa shape index (κ1) is 104. The van der Waals surface area contributed by atoms with Crippen LogP contribution in [0.25, 0.3) is 49.2 Å². The average Bonchev–Trinajstić information content (AvgIpc) is 0.779. The van der Waals surface area contributed by atoms with Crippen LogP contribution in [0.1, 0.15) is 37.7 Å². The first-order chi connectivity index (χ1) is 55.6. The number of nitrogens with two attached hydrogens (primary N) is 5. The molecule has 0 unspecified atom stereocenters. The molecular formula is C68H78F9N17O23S3Sc. The van der Waals surface area contributed by atoms with E-state index in [0.717, 1.165) is 50.7 Å². The van der Waals surface area contributed by atoms with Gasteiger partial charge in [-0.05, 0) is 94.8 Å². The molecule has 0 aliphatic carbocycles. The summed E-state index contributed by atoms with van der Waals surface area (Å²) in [5.41, 5.74) is 15.6. The Bertz CT molecular complexity index is 5880. The van der Waals surface area contributed by atoms with Crippen molar-refractivity contribution in [1.82, 2.24) is 34.9 Å². The molecule has 0 bridgehead atoms. The summed E-state index contributed by atoms with van der Waals surface area (Å²) in [6.45, 7) is 10.1. The number of anilines is 4. The van der Waals surface area contributed by atoms with Gasteiger partial charge in [0.2, 0.25) is 24.0 Å². The van der Waals surface area contributed by atoms with Gasteiger partial charge in [-0.15, -0.1) is 4.99 Å². The number of ether oxygens (including phenoxy) is 10. The Morgan fingerprint density at radius 2 is 0.942 bits per heavy atom. The quantitative estimate of drug-likeness (QED) is 0.00975. The van der Waals surface area contributed by atoms with E-state index in [4.69, 9.17) is 120 Å². The maximum absolute atomic E-state index is 12.4. The minimum Gasteiger partial charge on any atom is -0.497 e. The van der Waals surface area contributed by atoms with Gasteiger partial charge in [-0.1, -0.05) is 18.2 Å². The van der Waals surface area contributed by atoms with Crippen molar-refractivity contribution in [1.29, 1.82) is 5.26 Å². The SMILES string of the molecule is COc1cc(OC)c2c(c1)C(C)=CC(C)(C)N2.COc1cc(OC)c2nc(N=C(N)N)nc(C)c2c1.COc1cc(OC)c2nc(Nc3nc4c(OC)cccc4c(=O)[nH]3)nc(C)c2c1.COc1ccc(N)c(OC)c1.COc1cccc2c(=O)oc(=O)[nH]c12.N#CN=C(N)N.O=S(=O)(O)C(F)(F)F.O=S(=O)(O)C(F)(F)F.O=S(=O)(O)C(F)(F)F.[Sc]. The van der Waals surface area contributed by atoms with E-state index in [9.17, 15) is 53.9 Å². The van der Waals surface area contributed by atoms with Crippen molar-refractivity contribution in [3.8, 4) is 63.7 Å². The van der Waals surface area contributed by atoms with Gasteiger partial charge in [0, 0.05) is 66.4 Å². The zero-order valence-electron chi connectivity index (χ0n) is 65.9. The predicted octanol–water partition coefficient (Wildman–Crippen LogP) is 8.81. The summed E-state index contributed by atoms with van der Waals surface area (Å²) in [5, 5.41) is 16.4. The number of rotatable bonds is 13. The number of nitrogen functional groups attached to an aromatic ring is 1. The molecule has 6 aromatic carbocycles. The molecule has 4 aromatic heterocycles. The van der Waals surface area contributed by atoms with Crippen LogP contribution in [0.5, 0.6) is 57.5 Å². The van der Waals surface area contributed by atoms with Crippen LogP contribution in [0, 0.1) is 25.3 Å². The standard InChI is InChI=1S/C20H19N5O4.C14H19NO2.C12H15N5O2.C9H7NO4.C8H11NO2.C2H4N4.3CHF3O3S.Sc/c1-10-13-8-11(27-2)9-15(29-4)17(13)23-19(21-10)25-20-22-16-12(18(26)24-20)6-5-7-14(16)28-3;1-9-8-14(2,3)15-13-11(9)6-10(16-4)7-12(13)17-5;1-6-8-4-7(18-2)5-9(19-3)10(8)16-12(15-6)17-11(13)14;1-13-6-4-2-3-5-7(6)10-9(12)14-8(5)11;1-10-6-3-4-7(9)8(5-6)11-2;3-1-6-2(4)5;3*2-1(3,4)8(5,6)7;/h5-9H,1-4H3,(H2,21,22,23,24,25,26);6-8,15H,1-5H3;4-5H,1-3H3,(H4,13,14,15,16,17);2-4H,1H3,(H,10,12);3-5H,9H2,1-2H3;(H4,4,5,6);3*(H,5,6,7);. The summed E-state index contributed by atoms with van der Waals surface area (Å²) in [6.07, 6.45) is 3.62. The number of aromatic amines is 2. The van der Waals surface area contributed by atoms with E-state index in [0.29, 0.717) is 78.8 Å². The van der Waals surface area contributed by atoms with E-state index >= 15 is 0 Å². The molecular weight excluding hydrogens is 1730 g/mol. The number of aromatic nitrogens is 7. The number of hydrogen-bond donors (Lipinski definition) is 12. The molecule has 121 heavy (non-hydrogen) atoms. The topological polar surface area (TPSA) is 618 Å². The Morgan fingerprint density at radius 1 is 0.521 bits per heavy atom. The summed E-state index contributed by atoms with van der Waals surface area (Å²) in [6, 6.07) is 26.4. The fraction of sp³-hybridized carbons (Fsp3) is 0.279. The molecule has 40 nitrogen and oxygen atoms in total. The molecule has 5 heterocycles. The van der Waals surface area contributed by atoms with Crippen LogP contribution in [0.3, 0.4) is 0 Å². The van der Waals surface area contributed by atoms with E-state index in [1.165, 1.54) is 26.0 Å². The molecule has 1 aliphatic rings. The van der Waals surface area contributed by atoms with E-state index in [1.807, 2.05) is 38.1 Å². The van der Waals surface area contributed by atoms with Gasteiger partial charge in [-0.3, -0.25) is 33.7 Å². The second-order valence-corrected chi connectivity index (χ2v) is 27.5. The summed E-state index contributed by atoms with van der Waals surface area (Å²) in [5.74, 6) is 6.02. The number of nitrogens with zero attached hydrogens (tertiary/aromatic N) is 8. The molecule has 0 saturated carbocycles. The molecule has 0 amide bonds. The number of hydrogen-bond acceptors (Lipinski definition) is 31. The first-order valence-electron chi connectivity index (χ1n) is 32.3. The molecule has 53 heteroatoms. The third-order valence-electron chi connectivity index (χ3n) is 14.5. The van der Waals surface area contributed by atoms with Crippen molar-refractivity contribution in [2.45, 2.75) is 56.7 Å². The van der Waals surface area contributed by atoms with Crippen LogP contribution >= 0.6 is 0 Å². The Kier molecular flexibility index (Phi) is 38.7. The number of aliphatic imine (C=N–C) groups is 2. The summed E-state index contributed by atoms with van der Waals surface area (Å²) in [7, 11) is -1.71. The van der Waals surface area contributed by atoms with Crippen molar-refractivity contribution in [3.63, 3.8) is 0 Å². The van der Waals surface area contributed by atoms with Gasteiger partial charge in [-0.2, -0.15) is 75.0 Å². The molecule has 0 fully saturated rings. The second kappa shape index (κ2) is 44.9. The smallest absolute Gasteiger partial charge is 0.497 e. The van der Waals surface area contributed by atoms with Gasteiger partial charge in [0.25, 0.3) is 11.5 Å². The van der Waals surface area contributed by atoms with Gasteiger partial charge >= 0.3 is 58.3 Å². The third-order valence-corrected chi connectivity index (χ3v) is 16.2. The Balaban J connectivity index is 0.000000483. The fourth-order valence-electron chi connectivity index (χ4n) is 9.30. The van der Waals surface area contributed by atoms with Gasteiger partial charge < -0.3 is 85.8 Å². The zero-order chi connectivity index (χ0) is 91.6. The monoisotopic (exact) mass is 1810 g/mol. The summed E-state index contributed by atoms with van der Waals surface area (Å²) < 4.78 is 229. The maximum atomic E-state index is 12.4. The molecule has 657 valence electrons. The second-order valence-electron chi connectivity index (χ2n) is 23.2. The molecule has 0 saturated heterocycles. The number of nitriles is 1. The molecule has 0 atom stereocenters. The maximum Gasteiger partial charge on any atom is 0.522 e. The number of methoxy groups -OCH3 is 10. The van der Waals surface area contributed by atoms with E-state index in [-0.39, 0.29) is 66.7 Å². The molecule has 10 aromatic rings. The number of aryl methyl sites for hydroxylation is 2. The molecule has 11 rings (SSSR count). The average molecular weight is 1810 g/mol. The van der Waals surface area contributed by atoms with Crippen molar-refractivity contribution < 1.29 is 156 Å². The summed E-state index contributed by atoms with van der Waals surface area (Å²) >= 11 is 0. The zero-order valence-corrected chi connectivity index (χ0v) is 70.2. The van der Waals surface area contributed by atoms with E-state index < -0.39 is 58.3 Å².